The smallest absolute Gasteiger partial charge is 0.251 e. The third-order valence-corrected chi connectivity index (χ3v) is 4.57. The Balaban J connectivity index is 1.74. The van der Waals surface area contributed by atoms with E-state index in [9.17, 15) is 4.79 Å². The van der Waals surface area contributed by atoms with E-state index >= 15 is 0 Å². The molecule has 1 aromatic carbocycles. The summed E-state index contributed by atoms with van der Waals surface area (Å²) in [6.45, 7) is 2.22. The van der Waals surface area contributed by atoms with E-state index in [4.69, 9.17) is 0 Å². The minimum atomic E-state index is 0.0680. The Kier molecular flexibility index (Phi) is 3.77. The summed E-state index contributed by atoms with van der Waals surface area (Å²) >= 11 is 0. The fraction of sp³-hybridized carbons (Fsp3) is 0.471. The topological polar surface area (TPSA) is 44.9 Å². The molecule has 2 aromatic rings. The number of carbonyl (C=O) groups excluding carboxylic acids is 1. The highest BCUT2D eigenvalue weighted by Gasteiger charge is 2.25. The van der Waals surface area contributed by atoms with Gasteiger partial charge in [0.15, 0.2) is 0 Å². The fourth-order valence-electron chi connectivity index (χ4n) is 3.33. The highest BCUT2D eigenvalue weighted by molar-refractivity contribution is 5.98. The molecule has 0 bridgehead atoms. The zero-order valence-corrected chi connectivity index (χ0v) is 12.0. The van der Waals surface area contributed by atoms with Crippen molar-refractivity contribution in [3.8, 4) is 0 Å². The van der Waals surface area contributed by atoms with Crippen molar-refractivity contribution in [2.24, 2.45) is 5.92 Å². The monoisotopic (exact) mass is 270 g/mol. The van der Waals surface area contributed by atoms with Gasteiger partial charge >= 0.3 is 0 Å². The molecule has 0 saturated heterocycles. The van der Waals surface area contributed by atoms with Crippen molar-refractivity contribution in [2.75, 3.05) is 0 Å². The van der Waals surface area contributed by atoms with Crippen molar-refractivity contribution >= 4 is 16.8 Å². The number of benzene rings is 1. The number of carbonyl (C=O) groups is 1. The van der Waals surface area contributed by atoms with Gasteiger partial charge in [-0.2, -0.15) is 0 Å². The van der Waals surface area contributed by atoms with E-state index in [1.54, 1.807) is 0 Å². The van der Waals surface area contributed by atoms with Gasteiger partial charge in [0.2, 0.25) is 0 Å². The van der Waals surface area contributed by atoms with E-state index in [1.807, 2.05) is 30.5 Å². The molecule has 3 heteroatoms. The first-order valence-electron chi connectivity index (χ1n) is 7.66. The lowest BCUT2D eigenvalue weighted by molar-refractivity contribution is 0.0905. The Morgan fingerprint density at radius 3 is 3.00 bits per heavy atom. The van der Waals surface area contributed by atoms with Crippen molar-refractivity contribution in [2.45, 2.75) is 45.1 Å². The quantitative estimate of drug-likeness (QED) is 0.873. The number of rotatable bonds is 3. The number of hydrogen-bond acceptors (Lipinski definition) is 1. The normalized spacial score (nSPS) is 22.9. The second-order valence-electron chi connectivity index (χ2n) is 5.81. The molecule has 1 amide bonds. The number of H-pyrrole nitrogens is 1. The van der Waals surface area contributed by atoms with Crippen LogP contribution in [0, 0.1) is 5.92 Å². The highest BCUT2D eigenvalue weighted by atomic mass is 16.1. The van der Waals surface area contributed by atoms with Gasteiger partial charge in [-0.15, -0.1) is 0 Å². The molecule has 0 radical (unpaired) electrons. The maximum absolute atomic E-state index is 12.4. The van der Waals surface area contributed by atoms with E-state index in [0.29, 0.717) is 12.0 Å². The van der Waals surface area contributed by atoms with Crippen LogP contribution in [0.1, 0.15) is 49.4 Å². The van der Waals surface area contributed by atoms with Gasteiger partial charge in [-0.25, -0.2) is 0 Å². The number of nitrogens with one attached hydrogen (secondary N) is 2. The molecule has 2 N–H and O–H groups in total. The van der Waals surface area contributed by atoms with Crippen LogP contribution in [0.15, 0.2) is 30.5 Å². The van der Waals surface area contributed by atoms with Crippen LogP contribution in [-0.4, -0.2) is 16.9 Å². The first-order valence-corrected chi connectivity index (χ1v) is 7.66. The maximum atomic E-state index is 12.4. The molecule has 1 saturated carbocycles. The van der Waals surface area contributed by atoms with E-state index in [2.05, 4.69) is 17.2 Å². The average molecular weight is 270 g/mol. The minimum absolute atomic E-state index is 0.0680. The lowest BCUT2D eigenvalue weighted by atomic mass is 9.83. The lowest BCUT2D eigenvalue weighted by Gasteiger charge is -2.31. The third-order valence-electron chi connectivity index (χ3n) is 4.57. The van der Waals surface area contributed by atoms with E-state index in [1.165, 1.54) is 19.3 Å². The van der Waals surface area contributed by atoms with Crippen molar-refractivity contribution in [1.82, 2.24) is 10.3 Å². The van der Waals surface area contributed by atoms with Crippen molar-refractivity contribution in [3.05, 3.63) is 36.0 Å². The Labute approximate surface area is 119 Å². The predicted molar refractivity (Wildman–Crippen MR) is 81.8 cm³/mol. The maximum Gasteiger partial charge on any atom is 0.251 e. The summed E-state index contributed by atoms with van der Waals surface area (Å²) in [5, 5.41) is 4.33. The van der Waals surface area contributed by atoms with Crippen molar-refractivity contribution in [3.63, 3.8) is 0 Å². The summed E-state index contributed by atoms with van der Waals surface area (Å²) in [5.41, 5.74) is 1.84. The molecule has 20 heavy (non-hydrogen) atoms. The molecule has 106 valence electrons. The van der Waals surface area contributed by atoms with Gasteiger partial charge in [-0.05, 0) is 43.0 Å². The minimum Gasteiger partial charge on any atom is -0.361 e. The standard InChI is InChI=1S/C17H22N2O/c1-2-12-5-3-4-6-16(12)19-17(20)14-7-8-15-13(11-14)9-10-18-15/h7-12,16,18H,2-6H2,1H3,(H,19,20). The number of amides is 1. The molecule has 1 aromatic heterocycles. The molecule has 0 aliphatic heterocycles. The number of hydrogen-bond donors (Lipinski definition) is 2. The molecule has 3 nitrogen and oxygen atoms in total. The van der Waals surface area contributed by atoms with E-state index in [-0.39, 0.29) is 5.91 Å². The SMILES string of the molecule is CCC1CCCCC1NC(=O)c1ccc2[nH]ccc2c1. The number of aromatic amines is 1. The lowest BCUT2D eigenvalue weighted by Crippen LogP contribution is -2.41. The molecule has 2 unspecified atom stereocenters. The summed E-state index contributed by atoms with van der Waals surface area (Å²) in [6.07, 6.45) is 7.97. The van der Waals surface area contributed by atoms with Gasteiger partial charge in [0.05, 0.1) is 0 Å². The molecule has 3 rings (SSSR count). The molecule has 1 aliphatic rings. The first kappa shape index (κ1) is 13.2. The molecule has 1 aliphatic carbocycles. The molecule has 1 fully saturated rings. The van der Waals surface area contributed by atoms with Gasteiger partial charge in [-0.3, -0.25) is 4.79 Å². The average Bonchev–Trinajstić information content (AvgIpc) is 2.95. The van der Waals surface area contributed by atoms with Crippen LogP contribution in [0.5, 0.6) is 0 Å². The highest BCUT2D eigenvalue weighted by Crippen LogP contribution is 2.27. The van der Waals surface area contributed by atoms with Crippen molar-refractivity contribution < 1.29 is 4.79 Å². The van der Waals surface area contributed by atoms with E-state index < -0.39 is 0 Å². The Morgan fingerprint density at radius 2 is 2.15 bits per heavy atom. The number of aromatic nitrogens is 1. The van der Waals surface area contributed by atoms with Crippen LogP contribution in [-0.2, 0) is 0 Å². The molecule has 1 heterocycles. The molecule has 0 spiro atoms. The number of fused-ring (bicyclic) bond motifs is 1. The summed E-state index contributed by atoms with van der Waals surface area (Å²) in [7, 11) is 0. The summed E-state index contributed by atoms with van der Waals surface area (Å²) in [5.74, 6) is 0.710. The second kappa shape index (κ2) is 5.70. The third kappa shape index (κ3) is 2.58. The molecular weight excluding hydrogens is 248 g/mol. The fourth-order valence-corrected chi connectivity index (χ4v) is 3.33. The van der Waals surface area contributed by atoms with E-state index in [0.717, 1.165) is 29.3 Å². The van der Waals surface area contributed by atoms with Crippen LogP contribution in [0.2, 0.25) is 0 Å². The summed E-state index contributed by atoms with van der Waals surface area (Å²) in [6, 6.07) is 8.19. The summed E-state index contributed by atoms with van der Waals surface area (Å²) < 4.78 is 0. The Bertz CT molecular complexity index is 602. The van der Waals surface area contributed by atoms with Crippen LogP contribution in [0.3, 0.4) is 0 Å². The first-order chi connectivity index (χ1) is 9.78. The van der Waals surface area contributed by atoms with Crippen LogP contribution in [0.25, 0.3) is 10.9 Å². The zero-order valence-electron chi connectivity index (χ0n) is 12.0. The van der Waals surface area contributed by atoms with Crippen molar-refractivity contribution in [1.29, 1.82) is 0 Å². The van der Waals surface area contributed by atoms with Gasteiger partial charge in [-0.1, -0.05) is 26.2 Å². The Hall–Kier alpha value is -1.77. The van der Waals surface area contributed by atoms with Crippen LogP contribution in [0.4, 0.5) is 0 Å². The second-order valence-corrected chi connectivity index (χ2v) is 5.81. The van der Waals surface area contributed by atoms with Crippen LogP contribution >= 0.6 is 0 Å². The molecular formula is C17H22N2O. The van der Waals surface area contributed by atoms with Gasteiger partial charge in [0.1, 0.15) is 0 Å². The largest absolute Gasteiger partial charge is 0.361 e. The predicted octanol–water partition coefficient (Wildman–Crippen LogP) is 3.87. The van der Waals surface area contributed by atoms with Crippen LogP contribution < -0.4 is 5.32 Å². The van der Waals surface area contributed by atoms with Gasteiger partial charge in [0.25, 0.3) is 5.91 Å². The van der Waals surface area contributed by atoms with Gasteiger partial charge < -0.3 is 10.3 Å². The summed E-state index contributed by atoms with van der Waals surface area (Å²) in [4.78, 5) is 15.6. The van der Waals surface area contributed by atoms with Gasteiger partial charge in [0, 0.05) is 28.7 Å². The molecule has 2 atom stereocenters. The Morgan fingerprint density at radius 1 is 1.30 bits per heavy atom. The zero-order chi connectivity index (χ0) is 13.9.